The lowest BCUT2D eigenvalue weighted by atomic mass is 9.95. The van der Waals surface area contributed by atoms with Gasteiger partial charge in [0.2, 0.25) is 0 Å². The number of thioether (sulfide) groups is 1. The smallest absolute Gasteiger partial charge is 0.318 e. The van der Waals surface area contributed by atoms with Crippen LogP contribution in [-0.4, -0.2) is 51.3 Å². The average molecular weight is 589 g/mol. The van der Waals surface area contributed by atoms with Gasteiger partial charge in [0.15, 0.2) is 5.82 Å². The zero-order valence-corrected chi connectivity index (χ0v) is 23.8. The van der Waals surface area contributed by atoms with E-state index in [2.05, 4.69) is 14.9 Å². The van der Waals surface area contributed by atoms with Gasteiger partial charge in [-0.2, -0.15) is 9.97 Å². The van der Waals surface area contributed by atoms with Gasteiger partial charge in [0.1, 0.15) is 29.0 Å². The van der Waals surface area contributed by atoms with Crippen LogP contribution in [0.4, 0.5) is 8.78 Å². The standard InChI is InChI=1S/C32H27ClF2N4OS/c33-25-12-5-10-21-9-4-11-23(26(21)25)28-27(35)29-24(16-36-28)30(41-18-20-7-2-1-3-8-20)38-31(37-29)40-19-32-13-6-14-39(32)17-22(34)15-32/h1-5,7-12,16,22H,6,13-15,17-19H2/t22-,32+/m1/s1. The van der Waals surface area contributed by atoms with Crippen molar-refractivity contribution in [3.63, 3.8) is 0 Å². The van der Waals surface area contributed by atoms with Crippen LogP contribution in [0, 0.1) is 5.82 Å². The third-order valence-corrected chi connectivity index (χ3v) is 9.56. The second-order valence-electron chi connectivity index (χ2n) is 10.8. The van der Waals surface area contributed by atoms with E-state index in [0.29, 0.717) is 39.7 Å². The molecule has 2 aliphatic heterocycles. The SMILES string of the molecule is Fc1c(-c2cccc3cccc(Cl)c23)ncc2c(SCc3ccccc3)nc(OC[C@@]34CCCN3C[C@H](F)C4)nc12. The fourth-order valence-electron chi connectivity index (χ4n) is 6.24. The van der Waals surface area contributed by atoms with Crippen LogP contribution in [0.1, 0.15) is 24.8 Å². The lowest BCUT2D eigenvalue weighted by Gasteiger charge is -2.30. The largest absolute Gasteiger partial charge is 0.461 e. The molecule has 41 heavy (non-hydrogen) atoms. The van der Waals surface area contributed by atoms with E-state index in [1.807, 2.05) is 60.7 Å². The van der Waals surface area contributed by atoms with Gasteiger partial charge in [0.25, 0.3) is 0 Å². The highest BCUT2D eigenvalue weighted by atomic mass is 35.5. The molecule has 0 aliphatic carbocycles. The van der Waals surface area contributed by atoms with E-state index in [-0.39, 0.29) is 29.4 Å². The summed E-state index contributed by atoms with van der Waals surface area (Å²) in [5.74, 6) is 0.0738. The predicted octanol–water partition coefficient (Wildman–Crippen LogP) is 7.89. The molecule has 2 atom stereocenters. The molecule has 5 aromatic rings. The Morgan fingerprint density at radius 2 is 1.88 bits per heavy atom. The third-order valence-electron chi connectivity index (χ3n) is 8.19. The summed E-state index contributed by atoms with van der Waals surface area (Å²) in [5.41, 5.74) is 1.64. The molecule has 0 N–H and O–H groups in total. The first kappa shape index (κ1) is 26.6. The number of fused-ring (bicyclic) bond motifs is 3. The van der Waals surface area contributed by atoms with E-state index in [1.165, 1.54) is 11.8 Å². The van der Waals surface area contributed by atoms with E-state index < -0.39 is 12.0 Å². The molecule has 0 radical (unpaired) electrons. The molecule has 4 heterocycles. The van der Waals surface area contributed by atoms with Crippen molar-refractivity contribution in [3.8, 4) is 17.3 Å². The van der Waals surface area contributed by atoms with E-state index >= 15 is 4.39 Å². The summed E-state index contributed by atoms with van der Waals surface area (Å²) in [6, 6.07) is 21.3. The molecule has 208 valence electrons. The maximum absolute atomic E-state index is 16.4. The summed E-state index contributed by atoms with van der Waals surface area (Å²) in [5, 5.41) is 3.24. The zero-order valence-electron chi connectivity index (χ0n) is 22.2. The van der Waals surface area contributed by atoms with Crippen molar-refractivity contribution in [2.45, 2.75) is 41.8 Å². The molecular weight excluding hydrogens is 562 g/mol. The van der Waals surface area contributed by atoms with Crippen molar-refractivity contribution in [3.05, 3.63) is 89.3 Å². The molecule has 2 aliphatic rings. The fraction of sp³-hybridized carbons (Fsp3) is 0.281. The van der Waals surface area contributed by atoms with Gasteiger partial charge in [-0.05, 0) is 36.4 Å². The number of aromatic nitrogens is 3. The van der Waals surface area contributed by atoms with Crippen LogP contribution in [0.25, 0.3) is 32.9 Å². The molecule has 0 amide bonds. The van der Waals surface area contributed by atoms with Crippen LogP contribution < -0.4 is 4.74 Å². The first-order valence-corrected chi connectivity index (χ1v) is 15.1. The van der Waals surface area contributed by atoms with Gasteiger partial charge < -0.3 is 4.74 Å². The van der Waals surface area contributed by atoms with Crippen LogP contribution in [0.3, 0.4) is 0 Å². The Balaban J connectivity index is 1.31. The maximum atomic E-state index is 16.4. The number of ether oxygens (including phenoxy) is 1. The minimum Gasteiger partial charge on any atom is -0.461 e. The second-order valence-corrected chi connectivity index (χ2v) is 12.1. The summed E-state index contributed by atoms with van der Waals surface area (Å²) in [6.07, 6.45) is 3.06. The van der Waals surface area contributed by atoms with Crippen LogP contribution in [0.5, 0.6) is 6.01 Å². The number of rotatable bonds is 7. The molecule has 0 bridgehead atoms. The first-order valence-electron chi connectivity index (χ1n) is 13.7. The maximum Gasteiger partial charge on any atom is 0.318 e. The highest BCUT2D eigenvalue weighted by Crippen LogP contribution is 2.41. The van der Waals surface area contributed by atoms with Crippen LogP contribution >= 0.6 is 23.4 Å². The predicted molar refractivity (Wildman–Crippen MR) is 160 cm³/mol. The van der Waals surface area contributed by atoms with Gasteiger partial charge in [-0.1, -0.05) is 72.3 Å². The van der Waals surface area contributed by atoms with Crippen molar-refractivity contribution in [2.75, 3.05) is 19.7 Å². The average Bonchev–Trinajstić information content (AvgIpc) is 3.51. The molecule has 2 aromatic heterocycles. The number of halogens is 3. The first-order chi connectivity index (χ1) is 20.0. The lowest BCUT2D eigenvalue weighted by Crippen LogP contribution is -2.43. The van der Waals surface area contributed by atoms with E-state index in [4.69, 9.17) is 21.3 Å². The highest BCUT2D eigenvalue weighted by Gasteiger charge is 2.49. The summed E-state index contributed by atoms with van der Waals surface area (Å²) in [6.45, 7) is 1.55. The molecule has 9 heteroatoms. The van der Waals surface area contributed by atoms with E-state index in [9.17, 15) is 4.39 Å². The lowest BCUT2D eigenvalue weighted by molar-refractivity contribution is 0.107. The van der Waals surface area contributed by atoms with Crippen LogP contribution in [0.2, 0.25) is 5.02 Å². The topological polar surface area (TPSA) is 51.1 Å². The number of nitrogens with zero attached hydrogens (tertiary/aromatic N) is 4. The molecule has 2 fully saturated rings. The molecule has 2 saturated heterocycles. The van der Waals surface area contributed by atoms with Crippen molar-refractivity contribution < 1.29 is 13.5 Å². The van der Waals surface area contributed by atoms with Crippen molar-refractivity contribution >= 4 is 45.0 Å². The zero-order chi connectivity index (χ0) is 28.0. The van der Waals surface area contributed by atoms with Crippen molar-refractivity contribution in [1.82, 2.24) is 19.9 Å². The number of hydrogen-bond donors (Lipinski definition) is 0. The number of pyridine rings is 1. The summed E-state index contributed by atoms with van der Waals surface area (Å²) >= 11 is 8.04. The van der Waals surface area contributed by atoms with Gasteiger partial charge in [-0.3, -0.25) is 9.88 Å². The Hall–Kier alpha value is -3.33. The molecule has 0 spiro atoms. The molecule has 5 nitrogen and oxygen atoms in total. The van der Waals surface area contributed by atoms with Gasteiger partial charge in [0.05, 0.1) is 10.9 Å². The van der Waals surface area contributed by atoms with Gasteiger partial charge in [-0.15, -0.1) is 11.8 Å². The minimum absolute atomic E-state index is 0.0867. The fourth-order valence-corrected chi connectivity index (χ4v) is 7.47. The Morgan fingerprint density at radius 1 is 1.05 bits per heavy atom. The summed E-state index contributed by atoms with van der Waals surface area (Å²) < 4.78 is 37.0. The summed E-state index contributed by atoms with van der Waals surface area (Å²) in [7, 11) is 0. The number of alkyl halides is 1. The Morgan fingerprint density at radius 3 is 2.73 bits per heavy atom. The molecule has 0 saturated carbocycles. The van der Waals surface area contributed by atoms with Gasteiger partial charge in [-0.25, -0.2) is 8.78 Å². The van der Waals surface area contributed by atoms with E-state index in [0.717, 1.165) is 35.7 Å². The Bertz CT molecular complexity index is 1750. The van der Waals surface area contributed by atoms with Gasteiger partial charge in [0, 0.05) is 40.9 Å². The van der Waals surface area contributed by atoms with Gasteiger partial charge >= 0.3 is 6.01 Å². The Labute approximate surface area is 245 Å². The quantitative estimate of drug-likeness (QED) is 0.142. The molecule has 7 rings (SSSR count). The van der Waals surface area contributed by atoms with E-state index in [1.54, 1.807) is 12.3 Å². The van der Waals surface area contributed by atoms with Crippen molar-refractivity contribution in [2.24, 2.45) is 0 Å². The third kappa shape index (κ3) is 4.92. The molecule has 3 aromatic carbocycles. The van der Waals surface area contributed by atoms with Crippen LogP contribution in [-0.2, 0) is 5.75 Å². The monoisotopic (exact) mass is 588 g/mol. The highest BCUT2D eigenvalue weighted by molar-refractivity contribution is 7.98. The van der Waals surface area contributed by atoms with Crippen LogP contribution in [0.15, 0.2) is 78.0 Å². The Kier molecular flexibility index (Phi) is 7.01. The number of hydrogen-bond acceptors (Lipinski definition) is 6. The summed E-state index contributed by atoms with van der Waals surface area (Å²) in [4.78, 5) is 16.0. The normalized spacial score (nSPS) is 20.6. The molecular formula is C32H27ClF2N4OS. The molecule has 0 unspecified atom stereocenters. The second kappa shape index (κ2) is 10.8. The van der Waals surface area contributed by atoms with Crippen molar-refractivity contribution in [1.29, 1.82) is 0 Å². The minimum atomic E-state index is -0.869. The number of benzene rings is 3.